The summed E-state index contributed by atoms with van der Waals surface area (Å²) < 4.78 is 30.2. The van der Waals surface area contributed by atoms with E-state index in [9.17, 15) is 8.42 Å². The first-order chi connectivity index (χ1) is 9.94. The zero-order chi connectivity index (χ0) is 15.5. The average molecular weight is 311 g/mol. The second kappa shape index (κ2) is 6.44. The van der Waals surface area contributed by atoms with Crippen LogP contribution in [0.5, 0.6) is 0 Å². The summed E-state index contributed by atoms with van der Waals surface area (Å²) in [6.07, 6.45) is 2.41. The first-order valence-electron chi connectivity index (χ1n) is 6.97. The summed E-state index contributed by atoms with van der Waals surface area (Å²) in [6, 6.07) is 3.77. The molecule has 0 fully saturated rings. The van der Waals surface area contributed by atoms with Crippen LogP contribution in [0, 0.1) is 6.92 Å². The van der Waals surface area contributed by atoms with Gasteiger partial charge >= 0.3 is 0 Å². The number of fused-ring (bicyclic) bond motifs is 1. The molecule has 0 amide bonds. The van der Waals surface area contributed by atoms with Crippen molar-refractivity contribution in [1.29, 1.82) is 0 Å². The lowest BCUT2D eigenvalue weighted by Gasteiger charge is -2.16. The molecule has 2 rings (SSSR count). The minimum Gasteiger partial charge on any atom is -0.461 e. The Kier molecular flexibility index (Phi) is 4.84. The number of pyridine rings is 1. The van der Waals surface area contributed by atoms with Crippen LogP contribution in [0.3, 0.4) is 0 Å². The highest BCUT2D eigenvalue weighted by Crippen LogP contribution is 2.24. The molecule has 0 atom stereocenters. The number of anilines is 1. The van der Waals surface area contributed by atoms with Gasteiger partial charge in [-0.25, -0.2) is 17.7 Å². The molecule has 116 valence electrons. The smallest absolute Gasteiger partial charge is 0.213 e. The van der Waals surface area contributed by atoms with Crippen molar-refractivity contribution in [3.63, 3.8) is 0 Å². The second-order valence-corrected chi connectivity index (χ2v) is 7.30. The molecule has 0 unspecified atom stereocenters. The van der Waals surface area contributed by atoms with E-state index >= 15 is 0 Å². The molecule has 21 heavy (non-hydrogen) atoms. The highest BCUT2D eigenvalue weighted by atomic mass is 32.2. The van der Waals surface area contributed by atoms with Crippen molar-refractivity contribution in [2.75, 3.05) is 31.2 Å². The van der Waals surface area contributed by atoms with E-state index in [1.54, 1.807) is 20.2 Å². The van der Waals surface area contributed by atoms with Gasteiger partial charge in [-0.1, -0.05) is 0 Å². The summed E-state index contributed by atoms with van der Waals surface area (Å²) in [5, 5.41) is 4.18. The normalized spacial score (nSPS) is 12.2. The number of sulfonamides is 1. The van der Waals surface area contributed by atoms with Gasteiger partial charge in [0.15, 0.2) is 0 Å². The van der Waals surface area contributed by atoms with E-state index in [2.05, 4.69) is 10.3 Å². The van der Waals surface area contributed by atoms with Gasteiger partial charge in [0.2, 0.25) is 10.0 Å². The van der Waals surface area contributed by atoms with E-state index < -0.39 is 10.0 Å². The van der Waals surface area contributed by atoms with E-state index in [4.69, 9.17) is 4.42 Å². The highest BCUT2D eigenvalue weighted by Gasteiger charge is 2.14. The predicted octanol–water partition coefficient (Wildman–Crippen LogP) is 2.22. The summed E-state index contributed by atoms with van der Waals surface area (Å²) in [6.45, 7) is 4.69. The molecule has 0 spiro atoms. The van der Waals surface area contributed by atoms with Gasteiger partial charge in [0.25, 0.3) is 0 Å². The zero-order valence-corrected chi connectivity index (χ0v) is 13.4. The molecule has 0 aliphatic rings. The lowest BCUT2D eigenvalue weighted by molar-refractivity contribution is 0.466. The van der Waals surface area contributed by atoms with Crippen LogP contribution in [-0.2, 0) is 10.0 Å². The molecule has 0 radical (unpaired) electrons. The van der Waals surface area contributed by atoms with Gasteiger partial charge in [-0.2, -0.15) is 0 Å². The summed E-state index contributed by atoms with van der Waals surface area (Å²) in [5.41, 5.74) is 0.802. The Morgan fingerprint density at radius 2 is 2.19 bits per heavy atom. The van der Waals surface area contributed by atoms with Crippen LogP contribution in [0.25, 0.3) is 11.0 Å². The molecular formula is C14H21N3O3S. The Labute approximate surface area is 125 Å². The van der Waals surface area contributed by atoms with Crippen molar-refractivity contribution in [1.82, 2.24) is 9.29 Å². The fourth-order valence-electron chi connectivity index (χ4n) is 2.10. The molecule has 2 aromatic rings. The third-order valence-corrected chi connectivity index (χ3v) is 5.21. The summed E-state index contributed by atoms with van der Waals surface area (Å²) in [7, 11) is -1.49. The molecule has 0 aliphatic heterocycles. The van der Waals surface area contributed by atoms with Gasteiger partial charge in [0.1, 0.15) is 17.2 Å². The van der Waals surface area contributed by atoms with Crippen molar-refractivity contribution in [3.8, 4) is 0 Å². The number of nitrogens with one attached hydrogen (secondary N) is 1. The number of hydrogen-bond donors (Lipinski definition) is 1. The maximum absolute atomic E-state index is 11.6. The minimum atomic E-state index is -3.10. The van der Waals surface area contributed by atoms with E-state index in [1.165, 1.54) is 4.31 Å². The van der Waals surface area contributed by atoms with E-state index in [-0.39, 0.29) is 5.75 Å². The Bertz CT molecular complexity index is 709. The summed E-state index contributed by atoms with van der Waals surface area (Å²) in [4.78, 5) is 4.30. The van der Waals surface area contributed by atoms with Crippen molar-refractivity contribution >= 4 is 26.8 Å². The predicted molar refractivity (Wildman–Crippen MR) is 83.9 cm³/mol. The molecule has 0 aromatic carbocycles. The SMILES string of the molecule is CCS(=O)(=O)N(C)CCCNc1nccc2oc(C)cc12. The second-order valence-electron chi connectivity index (χ2n) is 4.93. The highest BCUT2D eigenvalue weighted by molar-refractivity contribution is 7.89. The maximum atomic E-state index is 11.6. The number of aryl methyl sites for hydroxylation is 1. The van der Waals surface area contributed by atoms with Gasteiger partial charge in [-0.05, 0) is 32.4 Å². The molecule has 6 nitrogen and oxygen atoms in total. The molecule has 7 heteroatoms. The summed E-state index contributed by atoms with van der Waals surface area (Å²) in [5.74, 6) is 1.74. The third kappa shape index (κ3) is 3.74. The van der Waals surface area contributed by atoms with Crippen molar-refractivity contribution in [2.45, 2.75) is 20.3 Å². The largest absolute Gasteiger partial charge is 0.461 e. The first kappa shape index (κ1) is 15.8. The Morgan fingerprint density at radius 3 is 2.90 bits per heavy atom. The number of nitrogens with zero attached hydrogens (tertiary/aromatic N) is 2. The molecule has 0 saturated heterocycles. The van der Waals surface area contributed by atoms with Crippen LogP contribution in [0.15, 0.2) is 22.7 Å². The summed E-state index contributed by atoms with van der Waals surface area (Å²) >= 11 is 0. The minimum absolute atomic E-state index is 0.131. The third-order valence-electron chi connectivity index (χ3n) is 3.35. The topological polar surface area (TPSA) is 75.4 Å². The fourth-order valence-corrected chi connectivity index (χ4v) is 2.95. The Morgan fingerprint density at radius 1 is 1.43 bits per heavy atom. The Balaban J connectivity index is 1.91. The van der Waals surface area contributed by atoms with Crippen LogP contribution in [0.1, 0.15) is 19.1 Å². The maximum Gasteiger partial charge on any atom is 0.213 e. The van der Waals surface area contributed by atoms with Crippen LogP contribution in [0.2, 0.25) is 0 Å². The lowest BCUT2D eigenvalue weighted by atomic mass is 10.3. The van der Waals surface area contributed by atoms with Crippen LogP contribution in [0.4, 0.5) is 5.82 Å². The van der Waals surface area contributed by atoms with Crippen LogP contribution < -0.4 is 5.32 Å². The first-order valence-corrected chi connectivity index (χ1v) is 8.58. The van der Waals surface area contributed by atoms with Crippen molar-refractivity contribution in [3.05, 3.63) is 24.1 Å². The molecule has 0 aliphatic carbocycles. The zero-order valence-electron chi connectivity index (χ0n) is 12.6. The van der Waals surface area contributed by atoms with Gasteiger partial charge in [0.05, 0.1) is 11.1 Å². The quantitative estimate of drug-likeness (QED) is 0.794. The molecule has 0 bridgehead atoms. The number of furan rings is 1. The van der Waals surface area contributed by atoms with Gasteiger partial charge in [0, 0.05) is 26.3 Å². The fraction of sp³-hybridized carbons (Fsp3) is 0.500. The van der Waals surface area contributed by atoms with Crippen LogP contribution in [-0.4, -0.2) is 43.6 Å². The van der Waals surface area contributed by atoms with Gasteiger partial charge in [-0.15, -0.1) is 0 Å². The van der Waals surface area contributed by atoms with Gasteiger partial charge < -0.3 is 9.73 Å². The number of hydrogen-bond acceptors (Lipinski definition) is 5. The lowest BCUT2D eigenvalue weighted by Crippen LogP contribution is -2.30. The van der Waals surface area contributed by atoms with E-state index in [1.807, 2.05) is 19.1 Å². The van der Waals surface area contributed by atoms with E-state index in [0.717, 1.165) is 22.5 Å². The van der Waals surface area contributed by atoms with Crippen molar-refractivity contribution < 1.29 is 12.8 Å². The number of rotatable bonds is 7. The monoisotopic (exact) mass is 311 g/mol. The van der Waals surface area contributed by atoms with Crippen molar-refractivity contribution in [2.24, 2.45) is 0 Å². The average Bonchev–Trinajstić information content (AvgIpc) is 2.84. The number of aromatic nitrogens is 1. The molecule has 2 aromatic heterocycles. The van der Waals surface area contributed by atoms with Gasteiger partial charge in [-0.3, -0.25) is 0 Å². The molecule has 2 heterocycles. The Hall–Kier alpha value is -1.60. The standard InChI is InChI=1S/C14H21N3O3S/c1-4-21(18,19)17(3)9-5-7-15-14-12-10-11(2)20-13(12)6-8-16-14/h6,8,10H,4-5,7,9H2,1-3H3,(H,15,16). The van der Waals surface area contributed by atoms with E-state index in [0.29, 0.717) is 19.5 Å². The molecule has 0 saturated carbocycles. The van der Waals surface area contributed by atoms with Crippen LogP contribution >= 0.6 is 0 Å². The molecule has 1 N–H and O–H groups in total. The molecular weight excluding hydrogens is 290 g/mol.